The van der Waals surface area contributed by atoms with Gasteiger partial charge in [0.2, 0.25) is 5.91 Å². The van der Waals surface area contributed by atoms with Crippen molar-refractivity contribution in [3.63, 3.8) is 0 Å². The Morgan fingerprint density at radius 3 is 2.78 bits per heavy atom. The van der Waals surface area contributed by atoms with Gasteiger partial charge in [0.1, 0.15) is 0 Å². The number of nitrogens with one attached hydrogen (secondary N) is 1. The molecule has 1 aliphatic heterocycles. The van der Waals surface area contributed by atoms with Crippen molar-refractivity contribution in [1.29, 1.82) is 0 Å². The van der Waals surface area contributed by atoms with Gasteiger partial charge in [-0.05, 0) is 31.4 Å². The molecule has 1 fully saturated rings. The van der Waals surface area contributed by atoms with Crippen molar-refractivity contribution < 1.29 is 4.79 Å². The minimum atomic E-state index is -0.0714. The molecule has 0 aliphatic carbocycles. The van der Waals surface area contributed by atoms with E-state index in [2.05, 4.69) is 54.1 Å². The molecule has 1 saturated heterocycles. The molecule has 1 unspecified atom stereocenters. The maximum absolute atomic E-state index is 12.1. The Balaban J connectivity index is 1.84. The smallest absolute Gasteiger partial charge is 0.237 e. The third-order valence-corrected chi connectivity index (χ3v) is 4.36. The third-order valence-electron chi connectivity index (χ3n) is 4.36. The first kappa shape index (κ1) is 15.9. The zero-order valence-electron chi connectivity index (χ0n) is 14.3. The van der Waals surface area contributed by atoms with Gasteiger partial charge >= 0.3 is 0 Å². The fraction of sp³-hybridized carbons (Fsp3) is 0.588. The first-order valence-electron chi connectivity index (χ1n) is 8.31. The Kier molecular flexibility index (Phi) is 4.35. The van der Waals surface area contributed by atoms with Crippen molar-refractivity contribution in [3.05, 3.63) is 24.0 Å². The SMILES string of the molecule is CC(C)C1C(=O)NCCN1Cc1cnc2c(cnn2C(C)C)c1. The van der Waals surface area contributed by atoms with Crippen LogP contribution < -0.4 is 5.32 Å². The van der Waals surface area contributed by atoms with Crippen molar-refractivity contribution >= 4 is 16.9 Å². The van der Waals surface area contributed by atoms with Gasteiger partial charge in [-0.15, -0.1) is 0 Å². The highest BCUT2D eigenvalue weighted by atomic mass is 16.2. The summed E-state index contributed by atoms with van der Waals surface area (Å²) >= 11 is 0. The molecule has 1 aliphatic rings. The van der Waals surface area contributed by atoms with Gasteiger partial charge in [-0.2, -0.15) is 5.10 Å². The molecular weight excluding hydrogens is 290 g/mol. The predicted molar refractivity (Wildman–Crippen MR) is 90.0 cm³/mol. The van der Waals surface area contributed by atoms with Crippen molar-refractivity contribution in [2.45, 2.75) is 46.3 Å². The molecule has 0 aromatic carbocycles. The van der Waals surface area contributed by atoms with Crippen LogP contribution in [0.5, 0.6) is 0 Å². The van der Waals surface area contributed by atoms with E-state index in [-0.39, 0.29) is 17.9 Å². The van der Waals surface area contributed by atoms with Gasteiger partial charge < -0.3 is 5.32 Å². The lowest BCUT2D eigenvalue weighted by Gasteiger charge is -2.37. The summed E-state index contributed by atoms with van der Waals surface area (Å²) in [6.07, 6.45) is 3.78. The average molecular weight is 315 g/mol. The van der Waals surface area contributed by atoms with Crippen LogP contribution in [0.25, 0.3) is 11.0 Å². The van der Waals surface area contributed by atoms with Gasteiger partial charge in [0.25, 0.3) is 0 Å². The molecule has 1 amide bonds. The molecule has 124 valence electrons. The molecule has 3 heterocycles. The van der Waals surface area contributed by atoms with E-state index in [1.165, 1.54) is 0 Å². The van der Waals surface area contributed by atoms with E-state index in [4.69, 9.17) is 0 Å². The molecule has 0 bridgehead atoms. The Morgan fingerprint density at radius 1 is 1.30 bits per heavy atom. The fourth-order valence-corrected chi connectivity index (χ4v) is 3.32. The number of aromatic nitrogens is 3. The number of piperazine rings is 1. The Hall–Kier alpha value is -1.95. The molecule has 0 spiro atoms. The minimum absolute atomic E-state index is 0.0714. The van der Waals surface area contributed by atoms with Gasteiger partial charge in [0.05, 0.1) is 12.2 Å². The highest BCUT2D eigenvalue weighted by Crippen LogP contribution is 2.20. The number of carbonyl (C=O) groups is 1. The molecule has 0 saturated carbocycles. The highest BCUT2D eigenvalue weighted by Gasteiger charge is 2.32. The van der Waals surface area contributed by atoms with Gasteiger partial charge in [0.15, 0.2) is 5.65 Å². The number of hydrogen-bond donors (Lipinski definition) is 1. The van der Waals surface area contributed by atoms with E-state index in [0.717, 1.165) is 29.7 Å². The number of fused-ring (bicyclic) bond motifs is 1. The number of rotatable bonds is 4. The fourth-order valence-electron chi connectivity index (χ4n) is 3.32. The molecule has 6 nitrogen and oxygen atoms in total. The summed E-state index contributed by atoms with van der Waals surface area (Å²) in [5.74, 6) is 0.420. The molecular formula is C17H25N5O. The van der Waals surface area contributed by atoms with Gasteiger partial charge in [-0.1, -0.05) is 13.8 Å². The van der Waals surface area contributed by atoms with Crippen molar-refractivity contribution in [2.75, 3.05) is 13.1 Å². The minimum Gasteiger partial charge on any atom is -0.353 e. The highest BCUT2D eigenvalue weighted by molar-refractivity contribution is 5.82. The van der Waals surface area contributed by atoms with Crippen LogP contribution in [0.4, 0.5) is 0 Å². The van der Waals surface area contributed by atoms with E-state index >= 15 is 0 Å². The zero-order chi connectivity index (χ0) is 16.6. The summed E-state index contributed by atoms with van der Waals surface area (Å²) in [6, 6.07) is 2.36. The van der Waals surface area contributed by atoms with Crippen LogP contribution in [-0.2, 0) is 11.3 Å². The maximum atomic E-state index is 12.1. The van der Waals surface area contributed by atoms with Crippen molar-refractivity contribution in [3.8, 4) is 0 Å². The topological polar surface area (TPSA) is 63.1 Å². The van der Waals surface area contributed by atoms with Gasteiger partial charge in [-0.3, -0.25) is 9.69 Å². The summed E-state index contributed by atoms with van der Waals surface area (Å²) in [5.41, 5.74) is 2.04. The quantitative estimate of drug-likeness (QED) is 0.937. The largest absolute Gasteiger partial charge is 0.353 e. The third kappa shape index (κ3) is 3.08. The first-order valence-corrected chi connectivity index (χ1v) is 8.31. The molecule has 2 aromatic heterocycles. The average Bonchev–Trinajstić information content (AvgIpc) is 2.90. The number of carbonyl (C=O) groups excluding carboxylic acids is 1. The lowest BCUT2D eigenvalue weighted by molar-refractivity contribution is -0.131. The Bertz CT molecular complexity index is 706. The Labute approximate surface area is 136 Å². The van der Waals surface area contributed by atoms with Crippen LogP contribution in [-0.4, -0.2) is 44.7 Å². The van der Waals surface area contributed by atoms with Crippen LogP contribution >= 0.6 is 0 Å². The van der Waals surface area contributed by atoms with Crippen LogP contribution in [0.3, 0.4) is 0 Å². The van der Waals surface area contributed by atoms with E-state index < -0.39 is 0 Å². The van der Waals surface area contributed by atoms with Crippen molar-refractivity contribution in [1.82, 2.24) is 25.0 Å². The second kappa shape index (κ2) is 6.28. The number of amides is 1. The van der Waals surface area contributed by atoms with Crippen LogP contribution in [0, 0.1) is 5.92 Å². The molecule has 1 atom stereocenters. The standard InChI is InChI=1S/C17H25N5O/c1-11(2)15-17(23)18-5-6-21(15)10-13-7-14-9-20-22(12(3)4)16(14)19-8-13/h7-9,11-12,15H,5-6,10H2,1-4H3,(H,18,23). The molecule has 3 rings (SSSR count). The van der Waals surface area contributed by atoms with Crippen LogP contribution in [0.15, 0.2) is 18.5 Å². The zero-order valence-corrected chi connectivity index (χ0v) is 14.3. The van der Waals surface area contributed by atoms with Gasteiger partial charge in [0, 0.05) is 37.3 Å². The summed E-state index contributed by atoms with van der Waals surface area (Å²) in [6.45, 7) is 10.7. The number of nitrogens with zero attached hydrogens (tertiary/aromatic N) is 4. The number of pyridine rings is 1. The Morgan fingerprint density at radius 2 is 2.09 bits per heavy atom. The van der Waals surface area contributed by atoms with Gasteiger partial charge in [-0.25, -0.2) is 9.67 Å². The molecule has 6 heteroatoms. The summed E-state index contributed by atoms with van der Waals surface area (Å²) in [5, 5.41) is 8.43. The van der Waals surface area contributed by atoms with Crippen LogP contribution in [0.1, 0.15) is 39.3 Å². The maximum Gasteiger partial charge on any atom is 0.237 e. The second-order valence-corrected chi connectivity index (χ2v) is 6.89. The monoisotopic (exact) mass is 315 g/mol. The lowest BCUT2D eigenvalue weighted by atomic mass is 9.99. The van der Waals surface area contributed by atoms with Crippen LogP contribution in [0.2, 0.25) is 0 Å². The molecule has 23 heavy (non-hydrogen) atoms. The molecule has 0 radical (unpaired) electrons. The number of hydrogen-bond acceptors (Lipinski definition) is 4. The van der Waals surface area contributed by atoms with Crippen molar-refractivity contribution in [2.24, 2.45) is 5.92 Å². The van der Waals surface area contributed by atoms with E-state index in [1.54, 1.807) is 0 Å². The predicted octanol–water partition coefficient (Wildman–Crippen LogP) is 1.97. The van der Waals surface area contributed by atoms with E-state index in [0.29, 0.717) is 12.6 Å². The molecule has 1 N–H and O–H groups in total. The first-order chi connectivity index (χ1) is 11.0. The van der Waals surface area contributed by atoms with E-state index in [1.807, 2.05) is 17.1 Å². The van der Waals surface area contributed by atoms with E-state index in [9.17, 15) is 4.79 Å². The normalized spacial score (nSPS) is 19.7. The summed E-state index contributed by atoms with van der Waals surface area (Å²) in [4.78, 5) is 19.0. The molecule has 2 aromatic rings. The summed E-state index contributed by atoms with van der Waals surface area (Å²) < 4.78 is 1.93. The second-order valence-electron chi connectivity index (χ2n) is 6.89. The summed E-state index contributed by atoms with van der Waals surface area (Å²) in [7, 11) is 0. The lowest BCUT2D eigenvalue weighted by Crippen LogP contribution is -2.56.